The summed E-state index contributed by atoms with van der Waals surface area (Å²) in [6.07, 6.45) is 2.28. The maximum atomic E-state index is 13.2. The number of nitrogens with two attached hydrogens (primary N) is 1. The van der Waals surface area contributed by atoms with E-state index in [1.165, 1.54) is 6.07 Å². The highest BCUT2D eigenvalue weighted by molar-refractivity contribution is 5.62. The van der Waals surface area contributed by atoms with Crippen LogP contribution >= 0.6 is 0 Å². The van der Waals surface area contributed by atoms with Gasteiger partial charge in [0.1, 0.15) is 0 Å². The number of aromatic nitrogens is 2. The minimum Gasteiger partial charge on any atom is -0.337 e. The van der Waals surface area contributed by atoms with Crippen LogP contribution < -0.4 is 5.73 Å². The molecule has 2 aromatic rings. The molecule has 0 unspecified atom stereocenters. The van der Waals surface area contributed by atoms with Crippen molar-refractivity contribution in [1.82, 2.24) is 9.55 Å². The Balaban J connectivity index is 2.48. The van der Waals surface area contributed by atoms with Crippen LogP contribution in [0.2, 0.25) is 0 Å². The molecule has 2 N–H and O–H groups in total. The molecule has 0 aliphatic rings. The summed E-state index contributed by atoms with van der Waals surface area (Å²) in [4.78, 5) is 4.19. The van der Waals surface area contributed by atoms with Crippen LogP contribution in [-0.2, 0) is 13.5 Å². The molecule has 2 rings (SSSR count). The fourth-order valence-electron chi connectivity index (χ4n) is 1.77. The van der Waals surface area contributed by atoms with Gasteiger partial charge >= 0.3 is 0 Å². The zero-order chi connectivity index (χ0) is 12.4. The van der Waals surface area contributed by atoms with E-state index in [9.17, 15) is 8.78 Å². The average Bonchev–Trinajstić information content (AvgIpc) is 2.66. The van der Waals surface area contributed by atoms with Gasteiger partial charge < -0.3 is 10.3 Å². The Morgan fingerprint density at radius 2 is 2.06 bits per heavy atom. The van der Waals surface area contributed by atoms with Crippen LogP contribution in [0.25, 0.3) is 11.3 Å². The third kappa shape index (κ3) is 2.19. The average molecular weight is 237 g/mol. The number of hydrogen-bond donors (Lipinski definition) is 1. The highest BCUT2D eigenvalue weighted by atomic mass is 19.2. The second-order valence-corrected chi connectivity index (χ2v) is 3.82. The van der Waals surface area contributed by atoms with E-state index < -0.39 is 11.6 Å². The molecule has 1 aromatic heterocycles. The summed E-state index contributed by atoms with van der Waals surface area (Å²) in [5, 5.41) is 0. The number of imidazole rings is 1. The Kier molecular flexibility index (Phi) is 3.19. The molecular formula is C12H13F2N3. The first kappa shape index (κ1) is 11.7. The number of rotatable bonds is 3. The van der Waals surface area contributed by atoms with Gasteiger partial charge in [0.25, 0.3) is 0 Å². The number of benzene rings is 1. The van der Waals surface area contributed by atoms with Gasteiger partial charge in [0.2, 0.25) is 0 Å². The lowest BCUT2D eigenvalue weighted by atomic mass is 10.1. The standard InChI is InChI=1S/C12H13F2N3/c1-17-7-16-12(11(17)4-5-15)8-2-3-9(13)10(14)6-8/h2-3,6-7H,4-5,15H2,1H3. The minimum atomic E-state index is -0.869. The molecule has 90 valence electrons. The first-order valence-corrected chi connectivity index (χ1v) is 5.29. The van der Waals surface area contributed by atoms with Gasteiger partial charge in [-0.15, -0.1) is 0 Å². The van der Waals surface area contributed by atoms with Crippen molar-refractivity contribution in [1.29, 1.82) is 0 Å². The fraction of sp³-hybridized carbons (Fsp3) is 0.250. The van der Waals surface area contributed by atoms with Gasteiger partial charge in [0.15, 0.2) is 11.6 Å². The summed E-state index contributed by atoms with van der Waals surface area (Å²) in [6.45, 7) is 0.482. The molecule has 0 saturated carbocycles. The maximum absolute atomic E-state index is 13.2. The molecule has 0 atom stereocenters. The molecular weight excluding hydrogens is 224 g/mol. The number of halogens is 2. The third-order valence-corrected chi connectivity index (χ3v) is 2.63. The van der Waals surface area contributed by atoms with Gasteiger partial charge in [-0.05, 0) is 24.7 Å². The normalized spacial score (nSPS) is 10.8. The fourth-order valence-corrected chi connectivity index (χ4v) is 1.77. The van der Waals surface area contributed by atoms with Crippen LogP contribution in [-0.4, -0.2) is 16.1 Å². The first-order valence-electron chi connectivity index (χ1n) is 5.29. The Labute approximate surface area is 97.9 Å². The van der Waals surface area contributed by atoms with Crippen molar-refractivity contribution in [2.75, 3.05) is 6.54 Å². The molecule has 5 heteroatoms. The first-order chi connectivity index (χ1) is 8.13. The molecule has 3 nitrogen and oxygen atoms in total. The van der Waals surface area contributed by atoms with E-state index in [2.05, 4.69) is 4.98 Å². The number of hydrogen-bond acceptors (Lipinski definition) is 2. The SMILES string of the molecule is Cn1cnc(-c2ccc(F)c(F)c2)c1CCN. The molecule has 0 bridgehead atoms. The maximum Gasteiger partial charge on any atom is 0.159 e. The van der Waals surface area contributed by atoms with Crippen LogP contribution in [0.4, 0.5) is 8.78 Å². The molecule has 1 aromatic carbocycles. The van der Waals surface area contributed by atoms with Gasteiger partial charge in [0, 0.05) is 24.7 Å². The topological polar surface area (TPSA) is 43.8 Å². The molecule has 0 fully saturated rings. The van der Waals surface area contributed by atoms with Gasteiger partial charge in [-0.3, -0.25) is 0 Å². The van der Waals surface area contributed by atoms with Crippen molar-refractivity contribution in [3.05, 3.63) is 41.9 Å². The van der Waals surface area contributed by atoms with Gasteiger partial charge in [-0.2, -0.15) is 0 Å². The third-order valence-electron chi connectivity index (χ3n) is 2.63. The lowest BCUT2D eigenvalue weighted by Gasteiger charge is -2.05. The monoisotopic (exact) mass is 237 g/mol. The van der Waals surface area contributed by atoms with Gasteiger partial charge in [0.05, 0.1) is 12.0 Å². The molecule has 0 aliphatic carbocycles. The van der Waals surface area contributed by atoms with E-state index in [1.54, 1.807) is 6.33 Å². The second kappa shape index (κ2) is 4.63. The second-order valence-electron chi connectivity index (χ2n) is 3.82. The van der Waals surface area contributed by atoms with Gasteiger partial charge in [-0.25, -0.2) is 13.8 Å². The van der Waals surface area contributed by atoms with E-state index in [4.69, 9.17) is 5.73 Å². The molecule has 0 amide bonds. The predicted octanol–water partition coefficient (Wildman–Crippen LogP) is 1.87. The van der Waals surface area contributed by atoms with Gasteiger partial charge in [-0.1, -0.05) is 0 Å². The Morgan fingerprint density at radius 3 is 2.71 bits per heavy atom. The Hall–Kier alpha value is -1.75. The molecule has 1 heterocycles. The van der Waals surface area contributed by atoms with Crippen molar-refractivity contribution in [3.8, 4) is 11.3 Å². The summed E-state index contributed by atoms with van der Waals surface area (Å²) in [7, 11) is 1.85. The Bertz CT molecular complexity index is 535. The molecule has 0 saturated heterocycles. The van der Waals surface area contributed by atoms with Crippen LogP contribution in [0.1, 0.15) is 5.69 Å². The molecule has 0 spiro atoms. The summed E-state index contributed by atoms with van der Waals surface area (Å²) < 4.78 is 27.8. The van der Waals surface area contributed by atoms with Crippen molar-refractivity contribution in [2.24, 2.45) is 12.8 Å². The predicted molar refractivity (Wildman–Crippen MR) is 61.3 cm³/mol. The van der Waals surface area contributed by atoms with Crippen molar-refractivity contribution >= 4 is 0 Å². The molecule has 17 heavy (non-hydrogen) atoms. The van der Waals surface area contributed by atoms with E-state index in [0.29, 0.717) is 24.2 Å². The summed E-state index contributed by atoms with van der Waals surface area (Å²) in [5.41, 5.74) is 7.64. The van der Waals surface area contributed by atoms with Crippen LogP contribution in [0, 0.1) is 11.6 Å². The van der Waals surface area contributed by atoms with E-state index in [-0.39, 0.29) is 0 Å². The van der Waals surface area contributed by atoms with Crippen LogP contribution in [0.3, 0.4) is 0 Å². The highest BCUT2D eigenvalue weighted by Gasteiger charge is 2.12. The van der Waals surface area contributed by atoms with E-state index >= 15 is 0 Å². The quantitative estimate of drug-likeness (QED) is 0.885. The minimum absolute atomic E-state index is 0.482. The lowest BCUT2D eigenvalue weighted by molar-refractivity contribution is 0.509. The highest BCUT2D eigenvalue weighted by Crippen LogP contribution is 2.23. The zero-order valence-electron chi connectivity index (χ0n) is 9.45. The largest absolute Gasteiger partial charge is 0.337 e. The Morgan fingerprint density at radius 1 is 1.29 bits per heavy atom. The number of nitrogens with zero attached hydrogens (tertiary/aromatic N) is 2. The zero-order valence-corrected chi connectivity index (χ0v) is 9.45. The van der Waals surface area contributed by atoms with Crippen molar-refractivity contribution in [3.63, 3.8) is 0 Å². The van der Waals surface area contributed by atoms with Crippen LogP contribution in [0.5, 0.6) is 0 Å². The summed E-state index contributed by atoms with van der Waals surface area (Å²) in [5.74, 6) is -1.73. The van der Waals surface area contributed by atoms with E-state index in [0.717, 1.165) is 17.8 Å². The lowest BCUT2D eigenvalue weighted by Crippen LogP contribution is -2.07. The van der Waals surface area contributed by atoms with E-state index in [1.807, 2.05) is 11.6 Å². The summed E-state index contributed by atoms with van der Waals surface area (Å²) >= 11 is 0. The van der Waals surface area contributed by atoms with Crippen molar-refractivity contribution < 1.29 is 8.78 Å². The smallest absolute Gasteiger partial charge is 0.159 e. The number of aryl methyl sites for hydroxylation is 1. The molecule has 0 radical (unpaired) electrons. The summed E-state index contributed by atoms with van der Waals surface area (Å²) in [6, 6.07) is 3.77. The van der Waals surface area contributed by atoms with Crippen LogP contribution in [0.15, 0.2) is 24.5 Å². The molecule has 0 aliphatic heterocycles. The van der Waals surface area contributed by atoms with Crippen molar-refractivity contribution in [2.45, 2.75) is 6.42 Å².